The van der Waals surface area contributed by atoms with Crippen LogP contribution in [-0.4, -0.2) is 5.91 Å². The van der Waals surface area contributed by atoms with Crippen LogP contribution in [0, 0.1) is 5.92 Å². The fraction of sp³-hybridized carbons (Fsp3) is 0.500. The van der Waals surface area contributed by atoms with Gasteiger partial charge in [-0.15, -0.1) is 11.3 Å². The molecule has 4 N–H and O–H groups in total. The second-order valence-corrected chi connectivity index (χ2v) is 5.11. The van der Waals surface area contributed by atoms with E-state index in [1.807, 2.05) is 18.4 Å². The van der Waals surface area contributed by atoms with Gasteiger partial charge in [0.25, 0.3) is 0 Å². The Morgan fingerprint density at radius 1 is 1.67 bits per heavy atom. The number of hydrogen-bond acceptors (Lipinski definition) is 3. The van der Waals surface area contributed by atoms with Gasteiger partial charge in [0.05, 0.1) is 5.02 Å². The Hall–Kier alpha value is -0.580. The number of thiophene rings is 1. The first-order valence-electron chi connectivity index (χ1n) is 4.77. The molecule has 0 saturated carbocycles. The SMILES string of the molecule is CC(CC(N)=O)CC(N)c1sccc1Cl. The van der Waals surface area contributed by atoms with Gasteiger partial charge in [0.1, 0.15) is 0 Å². The summed E-state index contributed by atoms with van der Waals surface area (Å²) in [6, 6.07) is 1.73. The van der Waals surface area contributed by atoms with Gasteiger partial charge in [-0.05, 0) is 23.8 Å². The first-order chi connectivity index (χ1) is 7.00. The van der Waals surface area contributed by atoms with Crippen molar-refractivity contribution in [2.45, 2.75) is 25.8 Å². The van der Waals surface area contributed by atoms with Crippen molar-refractivity contribution in [2.24, 2.45) is 17.4 Å². The van der Waals surface area contributed by atoms with Crippen LogP contribution in [0.1, 0.15) is 30.7 Å². The van der Waals surface area contributed by atoms with E-state index >= 15 is 0 Å². The molecule has 0 spiro atoms. The Bertz CT molecular complexity index is 340. The second-order valence-electron chi connectivity index (χ2n) is 3.75. The Kier molecular flexibility index (Phi) is 4.57. The van der Waals surface area contributed by atoms with Crippen LogP contribution < -0.4 is 11.5 Å². The molecule has 0 fully saturated rings. The molecule has 0 aliphatic carbocycles. The molecule has 1 rings (SSSR count). The van der Waals surface area contributed by atoms with Crippen LogP contribution in [-0.2, 0) is 4.79 Å². The minimum absolute atomic E-state index is 0.105. The fourth-order valence-corrected chi connectivity index (χ4v) is 2.75. The number of halogens is 1. The van der Waals surface area contributed by atoms with Gasteiger partial charge in [-0.1, -0.05) is 18.5 Å². The molecule has 1 amide bonds. The van der Waals surface area contributed by atoms with Gasteiger partial charge < -0.3 is 11.5 Å². The van der Waals surface area contributed by atoms with Gasteiger partial charge in [-0.2, -0.15) is 0 Å². The van der Waals surface area contributed by atoms with Gasteiger partial charge in [0, 0.05) is 17.3 Å². The van der Waals surface area contributed by atoms with Crippen molar-refractivity contribution in [1.29, 1.82) is 0 Å². The first-order valence-corrected chi connectivity index (χ1v) is 6.03. The normalized spacial score (nSPS) is 14.9. The lowest BCUT2D eigenvalue weighted by Crippen LogP contribution is -2.19. The highest BCUT2D eigenvalue weighted by molar-refractivity contribution is 7.10. The molecule has 5 heteroatoms. The average Bonchev–Trinajstić information content (AvgIpc) is 2.49. The zero-order chi connectivity index (χ0) is 11.4. The van der Waals surface area contributed by atoms with Crippen molar-refractivity contribution in [3.05, 3.63) is 21.3 Å². The summed E-state index contributed by atoms with van der Waals surface area (Å²) in [7, 11) is 0. The third-order valence-corrected chi connectivity index (χ3v) is 3.68. The molecule has 0 saturated heterocycles. The van der Waals surface area contributed by atoms with Gasteiger partial charge >= 0.3 is 0 Å². The van der Waals surface area contributed by atoms with Crippen LogP contribution in [0.5, 0.6) is 0 Å². The first kappa shape index (κ1) is 12.5. The highest BCUT2D eigenvalue weighted by Crippen LogP contribution is 2.31. The molecule has 84 valence electrons. The molecule has 3 nitrogen and oxygen atoms in total. The maximum Gasteiger partial charge on any atom is 0.217 e. The lowest BCUT2D eigenvalue weighted by Gasteiger charge is -2.15. The summed E-state index contributed by atoms with van der Waals surface area (Å²) >= 11 is 7.51. The second kappa shape index (κ2) is 5.49. The van der Waals surface area contributed by atoms with Crippen molar-refractivity contribution >= 4 is 28.8 Å². The van der Waals surface area contributed by atoms with Crippen LogP contribution in [0.15, 0.2) is 11.4 Å². The average molecular weight is 247 g/mol. The molecular formula is C10H15ClN2OS. The lowest BCUT2D eigenvalue weighted by molar-refractivity contribution is -0.118. The minimum Gasteiger partial charge on any atom is -0.370 e. The highest BCUT2D eigenvalue weighted by Gasteiger charge is 2.16. The Morgan fingerprint density at radius 3 is 2.80 bits per heavy atom. The molecule has 2 unspecified atom stereocenters. The Labute approximate surface area is 98.4 Å². The van der Waals surface area contributed by atoms with E-state index in [0.29, 0.717) is 11.4 Å². The molecule has 2 atom stereocenters. The van der Waals surface area contributed by atoms with Crippen molar-refractivity contribution in [3.8, 4) is 0 Å². The van der Waals surface area contributed by atoms with Gasteiger partial charge in [0.2, 0.25) is 5.91 Å². The van der Waals surface area contributed by atoms with Gasteiger partial charge in [0.15, 0.2) is 0 Å². The van der Waals surface area contributed by atoms with Crippen LogP contribution >= 0.6 is 22.9 Å². The number of carbonyl (C=O) groups excluding carboxylic acids is 1. The summed E-state index contributed by atoms with van der Waals surface area (Å²) in [5.74, 6) is -0.0948. The van der Waals surface area contributed by atoms with Gasteiger partial charge in [-0.3, -0.25) is 4.79 Å². The van der Waals surface area contributed by atoms with Crippen LogP contribution in [0.4, 0.5) is 0 Å². The van der Waals surface area contributed by atoms with Crippen molar-refractivity contribution in [3.63, 3.8) is 0 Å². The third kappa shape index (κ3) is 3.81. The Morgan fingerprint density at radius 2 is 2.33 bits per heavy atom. The molecule has 15 heavy (non-hydrogen) atoms. The molecule has 0 aliphatic heterocycles. The zero-order valence-electron chi connectivity index (χ0n) is 8.57. The number of carbonyl (C=O) groups is 1. The summed E-state index contributed by atoms with van der Waals surface area (Å²) in [6.07, 6.45) is 1.10. The summed E-state index contributed by atoms with van der Waals surface area (Å²) in [6.45, 7) is 1.96. The summed E-state index contributed by atoms with van der Waals surface area (Å²) in [5.41, 5.74) is 11.1. The van der Waals surface area contributed by atoms with E-state index in [1.165, 1.54) is 0 Å². The predicted octanol–water partition coefficient (Wildman–Crippen LogP) is 2.30. The fourth-order valence-electron chi connectivity index (χ4n) is 1.54. The molecular weight excluding hydrogens is 232 g/mol. The van der Waals surface area contributed by atoms with E-state index < -0.39 is 0 Å². The van der Waals surface area contributed by atoms with Crippen molar-refractivity contribution in [1.82, 2.24) is 0 Å². The number of hydrogen-bond donors (Lipinski definition) is 2. The van der Waals surface area contributed by atoms with Crippen molar-refractivity contribution < 1.29 is 4.79 Å². The van der Waals surface area contributed by atoms with Crippen molar-refractivity contribution in [2.75, 3.05) is 0 Å². The van der Waals surface area contributed by atoms with Gasteiger partial charge in [-0.25, -0.2) is 0 Å². The number of rotatable bonds is 5. The maximum absolute atomic E-state index is 10.7. The number of amides is 1. The van der Waals surface area contributed by atoms with Crippen LogP contribution in [0.3, 0.4) is 0 Å². The smallest absolute Gasteiger partial charge is 0.217 e. The van der Waals surface area contributed by atoms with E-state index in [0.717, 1.165) is 11.3 Å². The summed E-state index contributed by atoms with van der Waals surface area (Å²) < 4.78 is 0. The molecule has 0 radical (unpaired) electrons. The maximum atomic E-state index is 10.7. The molecule has 1 aromatic heterocycles. The van der Waals surface area contributed by atoms with E-state index in [4.69, 9.17) is 23.1 Å². The standard InChI is InChI=1S/C10H15ClN2OS/c1-6(5-9(13)14)4-8(12)10-7(11)2-3-15-10/h2-3,6,8H,4-5,12H2,1H3,(H2,13,14). The quantitative estimate of drug-likeness (QED) is 0.837. The summed E-state index contributed by atoms with van der Waals surface area (Å²) in [4.78, 5) is 11.7. The monoisotopic (exact) mass is 246 g/mol. The van der Waals surface area contributed by atoms with E-state index in [1.54, 1.807) is 11.3 Å². The van der Waals surface area contributed by atoms with E-state index in [-0.39, 0.29) is 17.9 Å². The molecule has 0 aromatic carbocycles. The highest BCUT2D eigenvalue weighted by atomic mass is 35.5. The van der Waals surface area contributed by atoms with Crippen LogP contribution in [0.2, 0.25) is 5.02 Å². The molecule has 1 heterocycles. The minimum atomic E-state index is -0.285. The number of primary amides is 1. The molecule has 0 aliphatic rings. The van der Waals surface area contributed by atoms with E-state index in [2.05, 4.69) is 0 Å². The van der Waals surface area contributed by atoms with Crippen LogP contribution in [0.25, 0.3) is 0 Å². The number of nitrogens with two attached hydrogens (primary N) is 2. The zero-order valence-corrected chi connectivity index (χ0v) is 10.1. The Balaban J connectivity index is 2.52. The molecule has 1 aromatic rings. The predicted molar refractivity (Wildman–Crippen MR) is 63.8 cm³/mol. The third-order valence-electron chi connectivity index (χ3n) is 2.19. The topological polar surface area (TPSA) is 69.1 Å². The summed E-state index contributed by atoms with van der Waals surface area (Å²) in [5, 5.41) is 2.62. The molecule has 0 bridgehead atoms. The lowest BCUT2D eigenvalue weighted by atomic mass is 9.98. The largest absolute Gasteiger partial charge is 0.370 e. The van der Waals surface area contributed by atoms with E-state index in [9.17, 15) is 4.79 Å².